The maximum absolute atomic E-state index is 10.4. The van der Waals surface area contributed by atoms with Gasteiger partial charge in [0.05, 0.1) is 27.2 Å². The second-order valence-corrected chi connectivity index (χ2v) is 7.59. The summed E-state index contributed by atoms with van der Waals surface area (Å²) in [6.45, 7) is 2.73. The highest BCUT2D eigenvalue weighted by Crippen LogP contribution is 2.15. The highest BCUT2D eigenvalue weighted by molar-refractivity contribution is 7.80. The van der Waals surface area contributed by atoms with E-state index in [0.717, 1.165) is 19.3 Å². The van der Waals surface area contributed by atoms with Gasteiger partial charge in [-0.1, -0.05) is 45.4 Å². The molecule has 6 nitrogen and oxygen atoms in total. The van der Waals surface area contributed by atoms with E-state index in [-0.39, 0.29) is 6.61 Å². The van der Waals surface area contributed by atoms with Crippen LogP contribution in [0.5, 0.6) is 0 Å². The largest absolute Gasteiger partial charge is 0.397 e. The van der Waals surface area contributed by atoms with E-state index in [9.17, 15) is 13.5 Å². The quantitative estimate of drug-likeness (QED) is 0.220. The number of hydrogen-bond acceptors (Lipinski definition) is 4. The third-order valence-corrected chi connectivity index (χ3v) is 4.45. The molecular formula is C15H34NO5S+. The first-order valence-electron chi connectivity index (χ1n) is 8.31. The molecule has 0 amide bonds. The van der Waals surface area contributed by atoms with Crippen molar-refractivity contribution >= 4 is 10.4 Å². The second kappa shape index (κ2) is 11.3. The third-order valence-electron chi connectivity index (χ3n) is 3.98. The van der Waals surface area contributed by atoms with Crippen molar-refractivity contribution in [2.24, 2.45) is 0 Å². The molecule has 0 bridgehead atoms. The molecule has 0 rings (SSSR count). The van der Waals surface area contributed by atoms with Crippen molar-refractivity contribution in [1.29, 1.82) is 0 Å². The second-order valence-electron chi connectivity index (χ2n) is 6.50. The van der Waals surface area contributed by atoms with Crippen LogP contribution in [0.3, 0.4) is 0 Å². The minimum atomic E-state index is -4.36. The molecule has 0 fully saturated rings. The normalized spacial score (nSPS) is 14.2. The zero-order chi connectivity index (χ0) is 17.1. The Kier molecular flexibility index (Phi) is 11.2. The summed E-state index contributed by atoms with van der Waals surface area (Å²) >= 11 is 0. The van der Waals surface area contributed by atoms with Crippen LogP contribution in [0.1, 0.15) is 64.7 Å². The molecule has 0 saturated heterocycles. The fourth-order valence-electron chi connectivity index (χ4n) is 2.42. The van der Waals surface area contributed by atoms with Crippen LogP contribution >= 0.6 is 0 Å². The van der Waals surface area contributed by atoms with Crippen molar-refractivity contribution < 1.29 is 26.7 Å². The Balaban J connectivity index is 3.76. The van der Waals surface area contributed by atoms with Crippen molar-refractivity contribution in [3.63, 3.8) is 0 Å². The number of nitrogens with zero attached hydrogens (tertiary/aromatic N) is 1. The van der Waals surface area contributed by atoms with Gasteiger partial charge in [-0.3, -0.25) is 4.55 Å². The van der Waals surface area contributed by atoms with Crippen LogP contribution in [0, 0.1) is 0 Å². The highest BCUT2D eigenvalue weighted by atomic mass is 32.3. The molecular weight excluding hydrogens is 306 g/mol. The Hall–Kier alpha value is -0.210. The van der Waals surface area contributed by atoms with E-state index in [1.54, 1.807) is 0 Å². The molecule has 0 radical (unpaired) electrons. The van der Waals surface area contributed by atoms with E-state index in [4.69, 9.17) is 4.55 Å². The van der Waals surface area contributed by atoms with Crippen molar-refractivity contribution in [3.05, 3.63) is 0 Å². The number of aliphatic hydroxyl groups is 1. The average Bonchev–Trinajstić information content (AvgIpc) is 2.41. The molecule has 0 heterocycles. The first-order chi connectivity index (χ1) is 10.2. The minimum absolute atomic E-state index is 0.0648. The van der Waals surface area contributed by atoms with Crippen LogP contribution in [-0.2, 0) is 14.6 Å². The topological polar surface area (TPSA) is 83.8 Å². The molecule has 1 unspecified atom stereocenters. The number of quaternary nitrogens is 1. The molecule has 0 aromatic rings. The van der Waals surface area contributed by atoms with E-state index in [0.29, 0.717) is 17.4 Å². The lowest BCUT2D eigenvalue weighted by atomic mass is 10.1. The van der Waals surface area contributed by atoms with Gasteiger partial charge in [0.2, 0.25) is 0 Å². The maximum Gasteiger partial charge on any atom is 0.397 e. The molecule has 134 valence electrons. The van der Waals surface area contributed by atoms with Crippen molar-refractivity contribution in [1.82, 2.24) is 0 Å². The Bertz CT molecular complexity index is 370. The van der Waals surface area contributed by atoms with Crippen LogP contribution in [0.15, 0.2) is 0 Å². The highest BCUT2D eigenvalue weighted by Gasteiger charge is 2.25. The zero-order valence-corrected chi connectivity index (χ0v) is 15.1. The Labute approximate surface area is 136 Å². The number of rotatable bonds is 14. The Morgan fingerprint density at radius 3 is 2.09 bits per heavy atom. The predicted octanol–water partition coefficient (Wildman–Crippen LogP) is 2.73. The van der Waals surface area contributed by atoms with Crippen LogP contribution < -0.4 is 0 Å². The summed E-state index contributed by atoms with van der Waals surface area (Å²) in [4.78, 5) is 0. The average molecular weight is 341 g/mol. The molecule has 2 N–H and O–H groups in total. The van der Waals surface area contributed by atoms with Gasteiger partial charge in [-0.15, -0.1) is 0 Å². The van der Waals surface area contributed by atoms with Crippen molar-refractivity contribution in [3.8, 4) is 0 Å². The zero-order valence-electron chi connectivity index (χ0n) is 14.3. The number of hydrogen-bond donors (Lipinski definition) is 2. The molecule has 0 aliphatic rings. The van der Waals surface area contributed by atoms with Gasteiger partial charge < -0.3 is 9.59 Å². The number of aliphatic hydroxyl groups excluding tert-OH is 1. The molecule has 1 atom stereocenters. The third kappa shape index (κ3) is 12.3. The number of unbranched alkanes of at least 4 members (excludes halogenated alkanes) is 6. The van der Waals surface area contributed by atoms with E-state index in [1.807, 2.05) is 14.1 Å². The molecule has 0 aromatic heterocycles. The van der Waals surface area contributed by atoms with Gasteiger partial charge in [0.1, 0.15) is 0 Å². The SMILES string of the molecule is CCCCCCCCCC(O)[N+](C)(C)CCCOS(=O)(=O)O. The monoisotopic (exact) mass is 340 g/mol. The Morgan fingerprint density at radius 1 is 1.00 bits per heavy atom. The predicted molar refractivity (Wildman–Crippen MR) is 87.7 cm³/mol. The summed E-state index contributed by atoms with van der Waals surface area (Å²) in [5.41, 5.74) is 0. The van der Waals surface area contributed by atoms with Gasteiger partial charge >= 0.3 is 10.4 Å². The Morgan fingerprint density at radius 2 is 1.55 bits per heavy atom. The summed E-state index contributed by atoms with van der Waals surface area (Å²) in [6, 6.07) is 0. The molecule has 0 spiro atoms. The summed E-state index contributed by atoms with van der Waals surface area (Å²) < 4.78 is 34.0. The van der Waals surface area contributed by atoms with Gasteiger partial charge in [0.15, 0.2) is 6.23 Å². The molecule has 0 aliphatic heterocycles. The van der Waals surface area contributed by atoms with Crippen molar-refractivity contribution in [2.45, 2.75) is 70.9 Å². The summed E-state index contributed by atoms with van der Waals surface area (Å²) in [6.07, 6.45) is 9.26. The van der Waals surface area contributed by atoms with Gasteiger partial charge in [-0.05, 0) is 6.42 Å². The molecule has 0 aromatic carbocycles. The smallest absolute Gasteiger partial charge is 0.345 e. The van der Waals surface area contributed by atoms with Gasteiger partial charge in [-0.2, -0.15) is 8.42 Å². The maximum atomic E-state index is 10.4. The lowest BCUT2D eigenvalue weighted by molar-refractivity contribution is -0.937. The fourth-order valence-corrected chi connectivity index (χ4v) is 2.75. The van der Waals surface area contributed by atoms with Gasteiger partial charge in [0, 0.05) is 12.8 Å². The summed E-state index contributed by atoms with van der Waals surface area (Å²) in [5.74, 6) is 0. The van der Waals surface area contributed by atoms with Crippen LogP contribution in [-0.4, -0.2) is 56.0 Å². The van der Waals surface area contributed by atoms with Crippen LogP contribution in [0.4, 0.5) is 0 Å². The lowest BCUT2D eigenvalue weighted by Gasteiger charge is -2.34. The molecule has 0 saturated carbocycles. The van der Waals surface area contributed by atoms with Crippen LogP contribution in [0.25, 0.3) is 0 Å². The summed E-state index contributed by atoms with van der Waals surface area (Å²) in [5, 5.41) is 10.2. The molecule has 0 aliphatic carbocycles. The van der Waals surface area contributed by atoms with Gasteiger partial charge in [0.25, 0.3) is 0 Å². The fraction of sp³-hybridized carbons (Fsp3) is 1.00. The van der Waals surface area contributed by atoms with E-state index < -0.39 is 16.6 Å². The molecule has 7 heteroatoms. The van der Waals surface area contributed by atoms with E-state index in [1.165, 1.54) is 32.1 Å². The first kappa shape index (κ1) is 21.8. The van der Waals surface area contributed by atoms with Gasteiger partial charge in [-0.25, -0.2) is 4.18 Å². The lowest BCUT2D eigenvalue weighted by Crippen LogP contribution is -2.49. The standard InChI is InChI=1S/C15H33NO5S/c1-4-5-6-7-8-9-10-12-15(17)16(2,3)13-11-14-21-22(18,19)20/h15,17H,4-14H2,1-3H3/p+1. The van der Waals surface area contributed by atoms with E-state index in [2.05, 4.69) is 11.1 Å². The van der Waals surface area contributed by atoms with Crippen LogP contribution in [0.2, 0.25) is 0 Å². The first-order valence-corrected chi connectivity index (χ1v) is 9.68. The summed E-state index contributed by atoms with van der Waals surface area (Å²) in [7, 11) is -0.527. The minimum Gasteiger partial charge on any atom is -0.345 e. The van der Waals surface area contributed by atoms with Crippen molar-refractivity contribution in [2.75, 3.05) is 27.2 Å². The van der Waals surface area contributed by atoms with E-state index >= 15 is 0 Å². The molecule has 22 heavy (non-hydrogen) atoms.